The summed E-state index contributed by atoms with van der Waals surface area (Å²) in [7, 11) is 0. The highest BCUT2D eigenvalue weighted by molar-refractivity contribution is 7.99. The third-order valence-electron chi connectivity index (χ3n) is 2.88. The van der Waals surface area contributed by atoms with Crippen LogP contribution in [0.5, 0.6) is 0 Å². The molecule has 0 spiro atoms. The number of hydrogen-bond acceptors (Lipinski definition) is 3. The van der Waals surface area contributed by atoms with Gasteiger partial charge in [-0.05, 0) is 17.2 Å². The smallest absolute Gasteiger partial charge is 0.328 e. The van der Waals surface area contributed by atoms with Crippen LogP contribution < -0.4 is 0 Å². The summed E-state index contributed by atoms with van der Waals surface area (Å²) in [6.07, 6.45) is 2.81. The van der Waals surface area contributed by atoms with E-state index >= 15 is 0 Å². The predicted octanol–water partition coefficient (Wildman–Crippen LogP) is 2.33. The summed E-state index contributed by atoms with van der Waals surface area (Å²) in [4.78, 5) is 12.9. The van der Waals surface area contributed by atoms with Gasteiger partial charge in [0.15, 0.2) is 0 Å². The molecule has 0 aliphatic carbocycles. The number of aliphatic carboxylic acids is 1. The monoisotopic (exact) mass is 263 g/mol. The summed E-state index contributed by atoms with van der Waals surface area (Å²) in [5.41, 5.74) is 2.19. The molecule has 1 saturated heterocycles. The first-order valence-corrected chi connectivity index (χ1v) is 7.19. The Morgan fingerprint density at radius 2 is 2.17 bits per heavy atom. The van der Waals surface area contributed by atoms with E-state index in [1.165, 1.54) is 23.1 Å². The van der Waals surface area contributed by atoms with Gasteiger partial charge in [-0.2, -0.15) is 11.8 Å². The van der Waals surface area contributed by atoms with Gasteiger partial charge in [-0.3, -0.25) is 4.90 Å². The Bertz CT molecular complexity index is 439. The molecule has 0 bridgehead atoms. The van der Waals surface area contributed by atoms with Crippen LogP contribution in [0.15, 0.2) is 30.3 Å². The van der Waals surface area contributed by atoms with Crippen molar-refractivity contribution in [3.8, 4) is 0 Å². The van der Waals surface area contributed by atoms with Gasteiger partial charge in [-0.15, -0.1) is 0 Å². The molecule has 0 atom stereocenters. The Morgan fingerprint density at radius 3 is 2.89 bits per heavy atom. The minimum absolute atomic E-state index is 0.909. The van der Waals surface area contributed by atoms with Gasteiger partial charge in [-0.25, -0.2) is 4.79 Å². The summed E-state index contributed by atoms with van der Waals surface area (Å²) in [6, 6.07) is 8.06. The van der Waals surface area contributed by atoms with Gasteiger partial charge in [0.05, 0.1) is 0 Å². The van der Waals surface area contributed by atoms with Crippen molar-refractivity contribution in [2.24, 2.45) is 0 Å². The molecule has 4 heteroatoms. The molecule has 1 fully saturated rings. The van der Waals surface area contributed by atoms with Gasteiger partial charge >= 0.3 is 5.97 Å². The normalized spacial score (nSPS) is 17.1. The maximum absolute atomic E-state index is 10.5. The largest absolute Gasteiger partial charge is 0.478 e. The minimum Gasteiger partial charge on any atom is -0.478 e. The zero-order chi connectivity index (χ0) is 12.8. The molecule has 2 rings (SSSR count). The lowest BCUT2D eigenvalue weighted by atomic mass is 10.1. The zero-order valence-corrected chi connectivity index (χ0v) is 11.0. The number of carboxylic acid groups (broad SMARTS) is 1. The minimum atomic E-state index is -0.909. The highest BCUT2D eigenvalue weighted by Crippen LogP contribution is 2.14. The third-order valence-corrected chi connectivity index (χ3v) is 3.82. The lowest BCUT2D eigenvalue weighted by Gasteiger charge is -2.26. The average molecular weight is 263 g/mol. The molecule has 3 nitrogen and oxygen atoms in total. The van der Waals surface area contributed by atoms with Crippen LogP contribution in [-0.4, -0.2) is 40.6 Å². The Morgan fingerprint density at radius 1 is 1.39 bits per heavy atom. The molecular formula is C14H17NO2S. The van der Waals surface area contributed by atoms with Gasteiger partial charge in [0, 0.05) is 37.2 Å². The second kappa shape index (κ2) is 6.61. The Labute approximate surface area is 111 Å². The van der Waals surface area contributed by atoms with Gasteiger partial charge in [0.1, 0.15) is 0 Å². The molecule has 1 aromatic rings. The second-order valence-corrected chi connectivity index (χ2v) is 5.53. The Balaban J connectivity index is 2.00. The van der Waals surface area contributed by atoms with Crippen LogP contribution in [0.2, 0.25) is 0 Å². The summed E-state index contributed by atoms with van der Waals surface area (Å²) >= 11 is 2.01. The molecule has 0 aromatic heterocycles. The van der Waals surface area contributed by atoms with Crippen LogP contribution in [-0.2, 0) is 11.3 Å². The van der Waals surface area contributed by atoms with Crippen molar-refractivity contribution in [2.75, 3.05) is 24.6 Å². The van der Waals surface area contributed by atoms with E-state index in [-0.39, 0.29) is 0 Å². The number of carbonyl (C=O) groups is 1. The number of nitrogens with zero attached hydrogens (tertiary/aromatic N) is 1. The van der Waals surface area contributed by atoms with Gasteiger partial charge < -0.3 is 5.11 Å². The van der Waals surface area contributed by atoms with Crippen molar-refractivity contribution in [3.05, 3.63) is 41.5 Å². The SMILES string of the molecule is O=C(O)/C=C/c1cccc(CN2CCSCC2)c1. The molecule has 18 heavy (non-hydrogen) atoms. The van der Waals surface area contributed by atoms with Gasteiger partial charge in [0.25, 0.3) is 0 Å². The highest BCUT2D eigenvalue weighted by Gasteiger charge is 2.10. The summed E-state index contributed by atoms with van der Waals surface area (Å²) in [5, 5.41) is 8.61. The van der Waals surface area contributed by atoms with Crippen molar-refractivity contribution >= 4 is 23.8 Å². The molecule has 1 aliphatic rings. The molecule has 0 amide bonds. The van der Waals surface area contributed by atoms with Crippen molar-refractivity contribution < 1.29 is 9.90 Å². The van der Waals surface area contributed by atoms with Crippen LogP contribution in [0.1, 0.15) is 11.1 Å². The molecule has 0 saturated carbocycles. The van der Waals surface area contributed by atoms with Crippen LogP contribution in [0, 0.1) is 0 Å². The fourth-order valence-corrected chi connectivity index (χ4v) is 2.96. The number of rotatable bonds is 4. The maximum atomic E-state index is 10.5. The zero-order valence-electron chi connectivity index (χ0n) is 10.2. The second-order valence-electron chi connectivity index (χ2n) is 4.31. The molecule has 1 aromatic carbocycles. The van der Waals surface area contributed by atoms with Crippen molar-refractivity contribution in [2.45, 2.75) is 6.54 Å². The Hall–Kier alpha value is -1.26. The highest BCUT2D eigenvalue weighted by atomic mass is 32.2. The topological polar surface area (TPSA) is 40.5 Å². The summed E-state index contributed by atoms with van der Waals surface area (Å²) in [6.45, 7) is 3.23. The van der Waals surface area contributed by atoms with E-state index in [0.29, 0.717) is 0 Å². The number of carboxylic acids is 1. The number of benzene rings is 1. The molecule has 0 unspecified atom stereocenters. The van der Waals surface area contributed by atoms with Crippen LogP contribution in [0.4, 0.5) is 0 Å². The molecule has 96 valence electrons. The van der Waals surface area contributed by atoms with E-state index in [0.717, 1.165) is 25.2 Å². The van der Waals surface area contributed by atoms with Crippen molar-refractivity contribution in [3.63, 3.8) is 0 Å². The van der Waals surface area contributed by atoms with Gasteiger partial charge in [0.2, 0.25) is 0 Å². The van der Waals surface area contributed by atoms with E-state index in [1.807, 2.05) is 23.9 Å². The standard InChI is InChI=1S/C14H17NO2S/c16-14(17)5-4-12-2-1-3-13(10-12)11-15-6-8-18-9-7-15/h1-5,10H,6-9,11H2,(H,16,17)/b5-4+. The Kier molecular flexibility index (Phi) is 4.84. The maximum Gasteiger partial charge on any atom is 0.328 e. The third kappa shape index (κ3) is 4.20. The van der Waals surface area contributed by atoms with E-state index in [9.17, 15) is 4.79 Å². The summed E-state index contributed by atoms with van der Waals surface area (Å²) < 4.78 is 0. The lowest BCUT2D eigenvalue weighted by molar-refractivity contribution is -0.131. The first-order valence-electron chi connectivity index (χ1n) is 6.04. The number of hydrogen-bond donors (Lipinski definition) is 1. The molecular weight excluding hydrogens is 246 g/mol. The van der Waals surface area contributed by atoms with Crippen LogP contribution in [0.3, 0.4) is 0 Å². The first kappa shape index (κ1) is 13.2. The fraction of sp³-hybridized carbons (Fsp3) is 0.357. The average Bonchev–Trinajstić information content (AvgIpc) is 2.38. The molecule has 1 aliphatic heterocycles. The van der Waals surface area contributed by atoms with Crippen LogP contribution in [0.25, 0.3) is 6.08 Å². The van der Waals surface area contributed by atoms with E-state index in [2.05, 4.69) is 17.0 Å². The van der Waals surface area contributed by atoms with Crippen molar-refractivity contribution in [1.82, 2.24) is 4.90 Å². The van der Waals surface area contributed by atoms with E-state index in [1.54, 1.807) is 6.08 Å². The fourth-order valence-electron chi connectivity index (χ4n) is 1.98. The number of thioether (sulfide) groups is 1. The van der Waals surface area contributed by atoms with Crippen LogP contribution >= 0.6 is 11.8 Å². The quantitative estimate of drug-likeness (QED) is 0.846. The van der Waals surface area contributed by atoms with E-state index < -0.39 is 5.97 Å². The van der Waals surface area contributed by atoms with Gasteiger partial charge in [-0.1, -0.05) is 24.3 Å². The van der Waals surface area contributed by atoms with Crippen molar-refractivity contribution in [1.29, 1.82) is 0 Å². The molecule has 0 radical (unpaired) electrons. The molecule has 1 heterocycles. The lowest BCUT2D eigenvalue weighted by Crippen LogP contribution is -2.31. The predicted molar refractivity (Wildman–Crippen MR) is 75.7 cm³/mol. The summed E-state index contributed by atoms with van der Waals surface area (Å²) in [5.74, 6) is 1.51. The first-order chi connectivity index (χ1) is 8.74. The van der Waals surface area contributed by atoms with E-state index in [4.69, 9.17) is 5.11 Å². The molecule has 1 N–H and O–H groups in total.